The molecule has 0 unspecified atom stereocenters. The molecule has 0 atom stereocenters. The highest BCUT2D eigenvalue weighted by Gasteiger charge is 2.25. The lowest BCUT2D eigenvalue weighted by molar-refractivity contribution is 0.0859. The summed E-state index contributed by atoms with van der Waals surface area (Å²) in [7, 11) is 0. The molecule has 2 rings (SSSR count). The summed E-state index contributed by atoms with van der Waals surface area (Å²) >= 11 is 0. The van der Waals surface area contributed by atoms with Crippen LogP contribution in [0.4, 0.5) is 4.79 Å². The van der Waals surface area contributed by atoms with Crippen LogP contribution in [-0.2, 0) is 4.74 Å². The third kappa shape index (κ3) is 5.44. The molecule has 1 aliphatic rings. The molecule has 0 spiro atoms. The lowest BCUT2D eigenvalue weighted by atomic mass is 10.0. The molecule has 0 radical (unpaired) electrons. The minimum Gasteiger partial charge on any atom is -0.450 e. The Morgan fingerprint density at radius 3 is 2.42 bits per heavy atom. The molecule has 1 fully saturated rings. The molecule has 3 amide bonds. The Kier molecular flexibility index (Phi) is 7.37. The number of hydrogen-bond acceptors (Lipinski definition) is 5. The normalized spacial score (nSPS) is 14.6. The van der Waals surface area contributed by atoms with E-state index in [0.29, 0.717) is 50.2 Å². The zero-order valence-electron chi connectivity index (χ0n) is 15.3. The van der Waals surface area contributed by atoms with Crippen LogP contribution in [0.1, 0.15) is 53.8 Å². The number of piperidine rings is 1. The number of nitrogens with zero attached hydrogens (tertiary/aromatic N) is 2. The Bertz CT molecular complexity index is 642. The molecule has 0 bridgehead atoms. The van der Waals surface area contributed by atoms with Crippen LogP contribution < -0.4 is 10.6 Å². The standard InChI is InChI=1S/C18H26N4O4/c1-3-7-20-16(23)13-10-14(12-19-11-13)17(24)21-15-5-8-22(9-6-15)18(25)26-4-2/h10-12,15H,3-9H2,1-2H3,(H,20,23)(H,21,24). The van der Waals surface area contributed by atoms with Crippen molar-refractivity contribution in [3.05, 3.63) is 29.6 Å². The summed E-state index contributed by atoms with van der Waals surface area (Å²) < 4.78 is 4.98. The summed E-state index contributed by atoms with van der Waals surface area (Å²) in [5.41, 5.74) is 0.713. The van der Waals surface area contributed by atoms with Crippen molar-refractivity contribution in [1.82, 2.24) is 20.5 Å². The minimum atomic E-state index is -0.313. The Labute approximate surface area is 153 Å². The molecule has 0 saturated carbocycles. The van der Waals surface area contributed by atoms with Crippen molar-refractivity contribution in [2.45, 2.75) is 39.2 Å². The second-order valence-electron chi connectivity index (χ2n) is 6.15. The third-order valence-corrected chi connectivity index (χ3v) is 4.15. The lowest BCUT2D eigenvalue weighted by Gasteiger charge is -2.31. The maximum Gasteiger partial charge on any atom is 0.409 e. The van der Waals surface area contributed by atoms with Gasteiger partial charge in [-0.15, -0.1) is 0 Å². The first-order chi connectivity index (χ1) is 12.5. The molecule has 1 aromatic rings. The van der Waals surface area contributed by atoms with E-state index in [4.69, 9.17) is 4.74 Å². The first kappa shape index (κ1) is 19.7. The van der Waals surface area contributed by atoms with Crippen molar-refractivity contribution >= 4 is 17.9 Å². The van der Waals surface area contributed by atoms with E-state index in [1.54, 1.807) is 17.9 Å². The Balaban J connectivity index is 1.88. The van der Waals surface area contributed by atoms with Crippen LogP contribution in [0.3, 0.4) is 0 Å². The van der Waals surface area contributed by atoms with Crippen molar-refractivity contribution in [2.24, 2.45) is 0 Å². The smallest absolute Gasteiger partial charge is 0.409 e. The SMILES string of the molecule is CCCNC(=O)c1cncc(C(=O)NC2CCN(C(=O)OCC)CC2)c1. The lowest BCUT2D eigenvalue weighted by Crippen LogP contribution is -2.46. The highest BCUT2D eigenvalue weighted by Crippen LogP contribution is 2.13. The van der Waals surface area contributed by atoms with Crippen LogP contribution in [0.15, 0.2) is 18.5 Å². The molecule has 0 aromatic carbocycles. The van der Waals surface area contributed by atoms with Gasteiger partial charge in [0, 0.05) is 38.1 Å². The number of carbonyl (C=O) groups excluding carboxylic acids is 3. The molecule has 1 aromatic heterocycles. The number of nitrogens with one attached hydrogen (secondary N) is 2. The van der Waals surface area contributed by atoms with Crippen LogP contribution in [0, 0.1) is 0 Å². The number of ether oxygens (including phenoxy) is 1. The van der Waals surface area contributed by atoms with Gasteiger partial charge in [0.1, 0.15) is 0 Å². The fourth-order valence-electron chi connectivity index (χ4n) is 2.72. The predicted molar refractivity (Wildman–Crippen MR) is 95.9 cm³/mol. The molecule has 26 heavy (non-hydrogen) atoms. The van der Waals surface area contributed by atoms with Gasteiger partial charge >= 0.3 is 6.09 Å². The molecular weight excluding hydrogens is 336 g/mol. The summed E-state index contributed by atoms with van der Waals surface area (Å²) in [6.07, 6.45) is 4.74. The van der Waals surface area contributed by atoms with Crippen molar-refractivity contribution in [1.29, 1.82) is 0 Å². The quantitative estimate of drug-likeness (QED) is 0.800. The van der Waals surface area contributed by atoms with E-state index in [9.17, 15) is 14.4 Å². The highest BCUT2D eigenvalue weighted by atomic mass is 16.6. The molecule has 1 saturated heterocycles. The summed E-state index contributed by atoms with van der Waals surface area (Å²) in [4.78, 5) is 41.8. The van der Waals surface area contributed by atoms with E-state index in [1.165, 1.54) is 12.4 Å². The summed E-state index contributed by atoms with van der Waals surface area (Å²) in [5, 5.41) is 5.71. The number of carbonyl (C=O) groups is 3. The number of hydrogen-bond donors (Lipinski definition) is 2. The van der Waals surface area contributed by atoms with Gasteiger partial charge in [-0.2, -0.15) is 0 Å². The van der Waals surface area contributed by atoms with E-state index < -0.39 is 0 Å². The van der Waals surface area contributed by atoms with Gasteiger partial charge in [-0.05, 0) is 32.3 Å². The van der Waals surface area contributed by atoms with Gasteiger partial charge in [-0.3, -0.25) is 14.6 Å². The molecule has 8 heteroatoms. The Morgan fingerprint density at radius 1 is 1.15 bits per heavy atom. The van der Waals surface area contributed by atoms with E-state index in [2.05, 4.69) is 15.6 Å². The zero-order chi connectivity index (χ0) is 18.9. The molecular formula is C18H26N4O4. The summed E-state index contributed by atoms with van der Waals surface area (Å²) in [5.74, 6) is -0.506. The molecule has 2 N–H and O–H groups in total. The highest BCUT2D eigenvalue weighted by molar-refractivity contribution is 5.99. The number of aromatic nitrogens is 1. The first-order valence-electron chi connectivity index (χ1n) is 9.01. The average Bonchev–Trinajstić information content (AvgIpc) is 2.67. The fourth-order valence-corrected chi connectivity index (χ4v) is 2.72. The largest absolute Gasteiger partial charge is 0.450 e. The maximum absolute atomic E-state index is 12.4. The fraction of sp³-hybridized carbons (Fsp3) is 0.556. The Hall–Kier alpha value is -2.64. The second-order valence-corrected chi connectivity index (χ2v) is 6.15. The van der Waals surface area contributed by atoms with Gasteiger partial charge in [0.2, 0.25) is 0 Å². The second kappa shape index (κ2) is 9.74. The molecule has 142 valence electrons. The number of rotatable bonds is 6. The first-order valence-corrected chi connectivity index (χ1v) is 9.01. The van der Waals surface area contributed by atoms with E-state index >= 15 is 0 Å². The molecule has 0 aliphatic carbocycles. The van der Waals surface area contributed by atoms with Crippen LogP contribution in [0.25, 0.3) is 0 Å². The number of likely N-dealkylation sites (tertiary alicyclic amines) is 1. The monoisotopic (exact) mass is 362 g/mol. The number of amides is 3. The van der Waals surface area contributed by atoms with Gasteiger partial charge in [0.05, 0.1) is 17.7 Å². The average molecular weight is 362 g/mol. The van der Waals surface area contributed by atoms with Gasteiger partial charge < -0.3 is 20.3 Å². The van der Waals surface area contributed by atoms with Crippen molar-refractivity contribution in [3.8, 4) is 0 Å². The van der Waals surface area contributed by atoms with Gasteiger partial charge in [-0.1, -0.05) is 6.92 Å². The topological polar surface area (TPSA) is 101 Å². The predicted octanol–water partition coefficient (Wildman–Crippen LogP) is 1.57. The maximum atomic E-state index is 12.4. The van der Waals surface area contributed by atoms with Crippen LogP contribution >= 0.6 is 0 Å². The molecule has 1 aliphatic heterocycles. The summed E-state index contributed by atoms with van der Waals surface area (Å²) in [6, 6.07) is 1.52. The van der Waals surface area contributed by atoms with Crippen molar-refractivity contribution in [3.63, 3.8) is 0 Å². The van der Waals surface area contributed by atoms with Crippen LogP contribution in [0.2, 0.25) is 0 Å². The zero-order valence-corrected chi connectivity index (χ0v) is 15.3. The van der Waals surface area contributed by atoms with E-state index in [1.807, 2.05) is 6.92 Å². The third-order valence-electron chi connectivity index (χ3n) is 4.15. The summed E-state index contributed by atoms with van der Waals surface area (Å²) in [6.45, 7) is 5.76. The minimum absolute atomic E-state index is 0.0225. The van der Waals surface area contributed by atoms with Crippen molar-refractivity contribution in [2.75, 3.05) is 26.2 Å². The van der Waals surface area contributed by atoms with Crippen LogP contribution in [-0.4, -0.2) is 60.1 Å². The van der Waals surface area contributed by atoms with Gasteiger partial charge in [0.15, 0.2) is 0 Å². The van der Waals surface area contributed by atoms with E-state index in [-0.39, 0.29) is 23.9 Å². The van der Waals surface area contributed by atoms with Gasteiger partial charge in [-0.25, -0.2) is 4.79 Å². The Morgan fingerprint density at radius 2 is 1.81 bits per heavy atom. The van der Waals surface area contributed by atoms with Gasteiger partial charge in [0.25, 0.3) is 11.8 Å². The van der Waals surface area contributed by atoms with Crippen LogP contribution in [0.5, 0.6) is 0 Å². The van der Waals surface area contributed by atoms with E-state index in [0.717, 1.165) is 6.42 Å². The number of pyridine rings is 1. The molecule has 8 nitrogen and oxygen atoms in total. The molecule has 2 heterocycles. The van der Waals surface area contributed by atoms with Crippen molar-refractivity contribution < 1.29 is 19.1 Å².